The Bertz CT molecular complexity index is 790. The fourth-order valence-corrected chi connectivity index (χ4v) is 3.84. The van der Waals surface area contributed by atoms with Crippen LogP contribution in [0.15, 0.2) is 29.4 Å². The number of carbonyl (C=O) groups excluding carboxylic acids is 1. The van der Waals surface area contributed by atoms with Crippen LogP contribution >= 0.6 is 23.4 Å². The molecule has 0 bridgehead atoms. The van der Waals surface area contributed by atoms with Gasteiger partial charge in [-0.15, -0.1) is 10.2 Å². The van der Waals surface area contributed by atoms with Gasteiger partial charge in [-0.25, -0.2) is 0 Å². The SMILES string of the molecule is CC(c1nnc(SCC(=O)NCC2CCCO2)n1-c1ccc(Cl)cc1)N(C)C. The molecule has 0 spiro atoms. The Hall–Kier alpha value is -1.61. The highest BCUT2D eigenvalue weighted by atomic mass is 35.5. The lowest BCUT2D eigenvalue weighted by Gasteiger charge is -2.20. The van der Waals surface area contributed by atoms with Gasteiger partial charge < -0.3 is 10.1 Å². The largest absolute Gasteiger partial charge is 0.376 e. The van der Waals surface area contributed by atoms with Crippen molar-refractivity contribution >= 4 is 29.3 Å². The minimum Gasteiger partial charge on any atom is -0.376 e. The molecular formula is C19H26ClN5O2S. The number of halogens is 1. The molecule has 0 saturated carbocycles. The third-order valence-electron chi connectivity index (χ3n) is 4.77. The molecule has 1 N–H and O–H groups in total. The normalized spacial score (nSPS) is 17.8. The lowest BCUT2D eigenvalue weighted by molar-refractivity contribution is -0.119. The highest BCUT2D eigenvalue weighted by Gasteiger charge is 2.22. The van der Waals surface area contributed by atoms with E-state index in [1.165, 1.54) is 11.8 Å². The molecule has 7 nitrogen and oxygen atoms in total. The molecule has 28 heavy (non-hydrogen) atoms. The zero-order valence-electron chi connectivity index (χ0n) is 16.4. The second-order valence-corrected chi connectivity index (χ2v) is 8.40. The lowest BCUT2D eigenvalue weighted by atomic mass is 10.2. The molecule has 1 saturated heterocycles. The van der Waals surface area contributed by atoms with E-state index in [1.807, 2.05) is 42.9 Å². The summed E-state index contributed by atoms with van der Waals surface area (Å²) in [6.07, 6.45) is 2.20. The van der Waals surface area contributed by atoms with Crippen molar-refractivity contribution in [2.75, 3.05) is 33.0 Å². The number of rotatable bonds is 8. The number of benzene rings is 1. The second-order valence-electron chi connectivity index (χ2n) is 7.02. The topological polar surface area (TPSA) is 72.3 Å². The van der Waals surface area contributed by atoms with Crippen LogP contribution in [-0.2, 0) is 9.53 Å². The maximum absolute atomic E-state index is 12.2. The van der Waals surface area contributed by atoms with Gasteiger partial charge in [-0.3, -0.25) is 14.3 Å². The molecule has 1 aromatic heterocycles. The van der Waals surface area contributed by atoms with Crippen molar-refractivity contribution in [3.8, 4) is 5.69 Å². The maximum Gasteiger partial charge on any atom is 0.230 e. The van der Waals surface area contributed by atoms with E-state index in [0.717, 1.165) is 31.0 Å². The van der Waals surface area contributed by atoms with E-state index in [4.69, 9.17) is 16.3 Å². The summed E-state index contributed by atoms with van der Waals surface area (Å²) in [6.45, 7) is 3.41. The Morgan fingerprint density at radius 2 is 2.14 bits per heavy atom. The first-order chi connectivity index (χ1) is 13.5. The van der Waals surface area contributed by atoms with Gasteiger partial charge in [0.05, 0.1) is 17.9 Å². The van der Waals surface area contributed by atoms with Gasteiger partial charge in [0, 0.05) is 23.9 Å². The fraction of sp³-hybridized carbons (Fsp3) is 0.526. The van der Waals surface area contributed by atoms with Crippen molar-refractivity contribution in [2.24, 2.45) is 0 Å². The molecule has 1 aliphatic heterocycles. The monoisotopic (exact) mass is 423 g/mol. The van der Waals surface area contributed by atoms with Crippen LogP contribution in [0.1, 0.15) is 31.6 Å². The minimum absolute atomic E-state index is 0.0339. The Balaban J connectivity index is 1.72. The van der Waals surface area contributed by atoms with E-state index in [0.29, 0.717) is 16.7 Å². The van der Waals surface area contributed by atoms with Gasteiger partial charge in [0.15, 0.2) is 11.0 Å². The number of ether oxygens (including phenoxy) is 1. The average molecular weight is 424 g/mol. The molecule has 1 aliphatic rings. The van der Waals surface area contributed by atoms with Crippen LogP contribution in [-0.4, -0.2) is 64.7 Å². The van der Waals surface area contributed by atoms with Crippen molar-refractivity contribution in [3.05, 3.63) is 35.1 Å². The standard InChI is InChI=1S/C19H26ClN5O2S/c1-13(24(2)3)18-22-23-19(25(18)15-8-6-14(20)7-9-15)28-12-17(26)21-11-16-5-4-10-27-16/h6-9,13,16H,4-5,10-12H2,1-3H3,(H,21,26). The van der Waals surface area contributed by atoms with Gasteiger partial charge in [-0.1, -0.05) is 23.4 Å². The zero-order valence-corrected chi connectivity index (χ0v) is 18.0. The maximum atomic E-state index is 12.2. The number of hydrogen-bond acceptors (Lipinski definition) is 6. The van der Waals surface area contributed by atoms with Crippen LogP contribution < -0.4 is 5.32 Å². The molecule has 0 radical (unpaired) electrons. The first-order valence-electron chi connectivity index (χ1n) is 9.34. The van der Waals surface area contributed by atoms with E-state index in [-0.39, 0.29) is 23.8 Å². The third kappa shape index (κ3) is 5.26. The number of nitrogens with zero attached hydrogens (tertiary/aromatic N) is 4. The summed E-state index contributed by atoms with van der Waals surface area (Å²) in [7, 11) is 3.99. The summed E-state index contributed by atoms with van der Waals surface area (Å²) in [5.41, 5.74) is 0.917. The number of thioether (sulfide) groups is 1. The van der Waals surface area contributed by atoms with Crippen LogP contribution in [0, 0.1) is 0 Å². The van der Waals surface area contributed by atoms with E-state index in [9.17, 15) is 4.79 Å². The Morgan fingerprint density at radius 3 is 2.79 bits per heavy atom. The van der Waals surface area contributed by atoms with Crippen LogP contribution in [0.3, 0.4) is 0 Å². The van der Waals surface area contributed by atoms with Crippen molar-refractivity contribution < 1.29 is 9.53 Å². The highest BCUT2D eigenvalue weighted by Crippen LogP contribution is 2.27. The number of aromatic nitrogens is 3. The minimum atomic E-state index is -0.0339. The summed E-state index contributed by atoms with van der Waals surface area (Å²) in [5, 5.41) is 13.0. The lowest BCUT2D eigenvalue weighted by Crippen LogP contribution is -2.32. The van der Waals surface area contributed by atoms with Crippen molar-refractivity contribution in [2.45, 2.75) is 37.1 Å². The van der Waals surface area contributed by atoms with E-state index >= 15 is 0 Å². The summed E-state index contributed by atoms with van der Waals surface area (Å²) in [4.78, 5) is 14.3. The number of hydrogen-bond donors (Lipinski definition) is 1. The molecule has 152 valence electrons. The van der Waals surface area contributed by atoms with Gasteiger partial charge >= 0.3 is 0 Å². The van der Waals surface area contributed by atoms with Crippen LogP contribution in [0.5, 0.6) is 0 Å². The predicted molar refractivity (Wildman–Crippen MR) is 111 cm³/mol. The quantitative estimate of drug-likeness (QED) is 0.658. The van der Waals surface area contributed by atoms with Crippen LogP contribution in [0.4, 0.5) is 0 Å². The molecule has 3 rings (SSSR count). The van der Waals surface area contributed by atoms with E-state index in [1.54, 1.807) is 0 Å². The Morgan fingerprint density at radius 1 is 1.39 bits per heavy atom. The van der Waals surface area contributed by atoms with Crippen LogP contribution in [0.25, 0.3) is 5.69 Å². The summed E-state index contributed by atoms with van der Waals surface area (Å²) < 4.78 is 7.53. The number of amides is 1. The number of nitrogens with one attached hydrogen (secondary N) is 1. The molecule has 2 heterocycles. The first-order valence-corrected chi connectivity index (χ1v) is 10.7. The summed E-state index contributed by atoms with van der Waals surface area (Å²) in [5.74, 6) is 1.05. The zero-order chi connectivity index (χ0) is 20.1. The van der Waals surface area contributed by atoms with Crippen LogP contribution in [0.2, 0.25) is 5.02 Å². The fourth-order valence-electron chi connectivity index (χ4n) is 2.92. The van der Waals surface area contributed by atoms with Gasteiger partial charge in [-0.2, -0.15) is 0 Å². The second kappa shape index (κ2) is 9.73. The van der Waals surface area contributed by atoms with E-state index < -0.39 is 0 Å². The van der Waals surface area contributed by atoms with Gasteiger partial charge in [0.1, 0.15) is 0 Å². The molecular weight excluding hydrogens is 398 g/mol. The third-order valence-corrected chi connectivity index (χ3v) is 5.96. The van der Waals surface area contributed by atoms with Crippen molar-refractivity contribution in [1.29, 1.82) is 0 Å². The molecule has 2 aromatic rings. The Labute approximate surface area is 174 Å². The molecule has 1 aromatic carbocycles. The van der Waals surface area contributed by atoms with E-state index in [2.05, 4.69) is 27.3 Å². The van der Waals surface area contributed by atoms with Gasteiger partial charge in [0.2, 0.25) is 5.91 Å². The molecule has 2 unspecified atom stereocenters. The number of carbonyl (C=O) groups is 1. The van der Waals surface area contributed by atoms with Gasteiger partial charge in [0.25, 0.3) is 0 Å². The molecule has 9 heteroatoms. The molecule has 1 fully saturated rings. The molecule has 2 atom stereocenters. The average Bonchev–Trinajstić information content (AvgIpc) is 3.34. The van der Waals surface area contributed by atoms with Crippen molar-refractivity contribution in [1.82, 2.24) is 25.0 Å². The summed E-state index contributed by atoms with van der Waals surface area (Å²) in [6, 6.07) is 7.59. The van der Waals surface area contributed by atoms with Crippen molar-refractivity contribution in [3.63, 3.8) is 0 Å². The smallest absolute Gasteiger partial charge is 0.230 e. The highest BCUT2D eigenvalue weighted by molar-refractivity contribution is 7.99. The first kappa shape index (κ1) is 21.1. The molecule has 1 amide bonds. The summed E-state index contributed by atoms with van der Waals surface area (Å²) >= 11 is 7.41. The predicted octanol–water partition coefficient (Wildman–Crippen LogP) is 2.93. The Kier molecular flexibility index (Phi) is 7.34. The van der Waals surface area contributed by atoms with Gasteiger partial charge in [-0.05, 0) is 58.1 Å². The molecule has 0 aliphatic carbocycles.